The third-order valence-electron chi connectivity index (χ3n) is 2.91. The van der Waals surface area contributed by atoms with E-state index < -0.39 is 0 Å². The molecule has 1 N–H and O–H groups in total. The molecule has 5 heteroatoms. The van der Waals surface area contributed by atoms with Gasteiger partial charge in [-0.2, -0.15) is 4.98 Å². The van der Waals surface area contributed by atoms with Gasteiger partial charge < -0.3 is 10.2 Å². The molecule has 0 fully saturated rings. The van der Waals surface area contributed by atoms with Gasteiger partial charge in [0, 0.05) is 19.6 Å². The van der Waals surface area contributed by atoms with E-state index >= 15 is 0 Å². The first-order valence-corrected chi connectivity index (χ1v) is 7.77. The van der Waals surface area contributed by atoms with Crippen LogP contribution in [0, 0.1) is 5.92 Å². The van der Waals surface area contributed by atoms with Crippen molar-refractivity contribution in [1.29, 1.82) is 0 Å². The van der Waals surface area contributed by atoms with E-state index in [1.54, 1.807) is 11.3 Å². The van der Waals surface area contributed by atoms with Crippen molar-refractivity contribution in [2.24, 2.45) is 5.92 Å². The highest BCUT2D eigenvalue weighted by Crippen LogP contribution is 2.29. The second-order valence-electron chi connectivity index (χ2n) is 4.97. The van der Waals surface area contributed by atoms with Crippen molar-refractivity contribution < 1.29 is 0 Å². The molecule has 0 saturated carbocycles. The average Bonchev–Trinajstić information content (AvgIpc) is 2.83. The van der Waals surface area contributed by atoms with Crippen LogP contribution < -0.4 is 10.2 Å². The summed E-state index contributed by atoms with van der Waals surface area (Å²) in [5.41, 5.74) is 0. The smallest absolute Gasteiger partial charge is 0.226 e. The van der Waals surface area contributed by atoms with Gasteiger partial charge in [0.2, 0.25) is 5.95 Å². The molecular weight excluding hydrogens is 256 g/mol. The van der Waals surface area contributed by atoms with E-state index in [0.29, 0.717) is 5.92 Å². The highest BCUT2D eigenvalue weighted by molar-refractivity contribution is 7.16. The Hall–Kier alpha value is -1.36. The molecule has 0 unspecified atom stereocenters. The summed E-state index contributed by atoms with van der Waals surface area (Å²) in [6.45, 7) is 11.5. The molecule has 0 aliphatic carbocycles. The van der Waals surface area contributed by atoms with Crippen LogP contribution in [-0.2, 0) is 0 Å². The summed E-state index contributed by atoms with van der Waals surface area (Å²) >= 11 is 1.67. The number of anilines is 2. The van der Waals surface area contributed by atoms with E-state index in [1.807, 2.05) is 0 Å². The van der Waals surface area contributed by atoms with Crippen LogP contribution in [0.2, 0.25) is 0 Å². The zero-order valence-electron chi connectivity index (χ0n) is 12.1. The molecule has 2 heterocycles. The van der Waals surface area contributed by atoms with Gasteiger partial charge in [0.15, 0.2) is 0 Å². The minimum Gasteiger partial charge on any atom is -0.356 e. The number of aromatic nitrogens is 2. The zero-order valence-corrected chi connectivity index (χ0v) is 12.9. The molecule has 0 aliphatic rings. The molecule has 2 aromatic heterocycles. The summed E-state index contributed by atoms with van der Waals surface area (Å²) in [4.78, 5) is 12.6. The first-order chi connectivity index (χ1) is 9.15. The highest BCUT2D eigenvalue weighted by Gasteiger charge is 2.15. The van der Waals surface area contributed by atoms with E-state index in [0.717, 1.165) is 41.6 Å². The lowest BCUT2D eigenvalue weighted by atomic mass is 10.2. The average molecular weight is 278 g/mol. The number of nitrogens with one attached hydrogen (secondary N) is 1. The lowest BCUT2D eigenvalue weighted by molar-refractivity contribution is 0.616. The number of rotatable bonds is 6. The number of thiophene rings is 1. The Morgan fingerprint density at radius 1 is 1.32 bits per heavy atom. The van der Waals surface area contributed by atoms with Crippen molar-refractivity contribution in [2.45, 2.75) is 27.7 Å². The summed E-state index contributed by atoms with van der Waals surface area (Å²) in [6, 6.07) is 2.12. The summed E-state index contributed by atoms with van der Waals surface area (Å²) in [5, 5.41) is 6.47. The topological polar surface area (TPSA) is 41.1 Å². The normalized spacial score (nSPS) is 11.2. The van der Waals surface area contributed by atoms with Crippen LogP contribution in [0.5, 0.6) is 0 Å². The van der Waals surface area contributed by atoms with Crippen LogP contribution in [-0.4, -0.2) is 29.6 Å². The van der Waals surface area contributed by atoms with Crippen molar-refractivity contribution in [1.82, 2.24) is 9.97 Å². The second-order valence-corrected chi connectivity index (χ2v) is 5.87. The lowest BCUT2D eigenvalue weighted by Gasteiger charge is -2.25. The van der Waals surface area contributed by atoms with E-state index in [4.69, 9.17) is 4.98 Å². The molecular formula is C14H22N4S. The Kier molecular flexibility index (Phi) is 4.58. The highest BCUT2D eigenvalue weighted by atomic mass is 32.1. The molecule has 0 atom stereocenters. The molecule has 0 bridgehead atoms. The fraction of sp³-hybridized carbons (Fsp3) is 0.571. The fourth-order valence-corrected chi connectivity index (χ4v) is 2.88. The molecule has 2 aromatic rings. The summed E-state index contributed by atoms with van der Waals surface area (Å²) in [5.74, 6) is 2.40. The van der Waals surface area contributed by atoms with Gasteiger partial charge in [0.05, 0.1) is 5.39 Å². The molecule has 4 nitrogen and oxygen atoms in total. The molecule has 19 heavy (non-hydrogen) atoms. The Morgan fingerprint density at radius 3 is 2.74 bits per heavy atom. The monoisotopic (exact) mass is 278 g/mol. The third-order valence-corrected chi connectivity index (χ3v) is 3.71. The first-order valence-electron chi connectivity index (χ1n) is 6.89. The van der Waals surface area contributed by atoms with Crippen LogP contribution in [0.4, 0.5) is 11.8 Å². The van der Waals surface area contributed by atoms with Crippen LogP contribution >= 0.6 is 11.3 Å². The largest absolute Gasteiger partial charge is 0.356 e. The summed E-state index contributed by atoms with van der Waals surface area (Å²) in [7, 11) is 0. The Labute approximate surface area is 118 Å². The Morgan fingerprint density at radius 2 is 2.11 bits per heavy atom. The van der Waals surface area contributed by atoms with Crippen LogP contribution in [0.1, 0.15) is 27.7 Å². The fourth-order valence-electron chi connectivity index (χ4n) is 2.12. The molecule has 0 spiro atoms. The van der Waals surface area contributed by atoms with Crippen molar-refractivity contribution >= 4 is 33.3 Å². The maximum absolute atomic E-state index is 4.70. The van der Waals surface area contributed by atoms with Crippen molar-refractivity contribution in [3.8, 4) is 0 Å². The first kappa shape index (κ1) is 14.1. The molecule has 2 rings (SSSR count). The van der Waals surface area contributed by atoms with E-state index in [1.165, 1.54) is 0 Å². The van der Waals surface area contributed by atoms with Crippen LogP contribution in [0.3, 0.4) is 0 Å². The lowest BCUT2D eigenvalue weighted by Crippen LogP contribution is -2.28. The number of fused-ring (bicyclic) bond motifs is 1. The number of hydrogen-bond acceptors (Lipinski definition) is 5. The van der Waals surface area contributed by atoms with Gasteiger partial charge in [0.25, 0.3) is 0 Å². The Bertz CT molecular complexity index is 535. The number of nitrogens with zero attached hydrogens (tertiary/aromatic N) is 3. The molecule has 0 saturated heterocycles. The molecule has 0 aliphatic heterocycles. The zero-order chi connectivity index (χ0) is 13.8. The van der Waals surface area contributed by atoms with Crippen molar-refractivity contribution in [2.75, 3.05) is 29.9 Å². The molecule has 0 radical (unpaired) electrons. The summed E-state index contributed by atoms with van der Waals surface area (Å²) in [6.07, 6.45) is 0. The van der Waals surface area contributed by atoms with Gasteiger partial charge in [-0.1, -0.05) is 13.8 Å². The predicted molar refractivity (Wildman–Crippen MR) is 84.3 cm³/mol. The minimum atomic E-state index is 0.617. The van der Waals surface area contributed by atoms with E-state index in [-0.39, 0.29) is 0 Å². The van der Waals surface area contributed by atoms with Gasteiger partial charge in [-0.3, -0.25) is 0 Å². The van der Waals surface area contributed by atoms with Crippen molar-refractivity contribution in [3.05, 3.63) is 11.4 Å². The quantitative estimate of drug-likeness (QED) is 0.876. The van der Waals surface area contributed by atoms with E-state index in [9.17, 15) is 0 Å². The van der Waals surface area contributed by atoms with Gasteiger partial charge in [0.1, 0.15) is 10.6 Å². The predicted octanol–water partition coefficient (Wildman–Crippen LogP) is 3.61. The van der Waals surface area contributed by atoms with Gasteiger partial charge in [-0.15, -0.1) is 11.3 Å². The summed E-state index contributed by atoms with van der Waals surface area (Å²) < 4.78 is 0. The number of hydrogen-bond donors (Lipinski definition) is 1. The maximum atomic E-state index is 4.70. The molecule has 0 amide bonds. The van der Waals surface area contributed by atoms with Gasteiger partial charge in [-0.25, -0.2) is 4.98 Å². The minimum absolute atomic E-state index is 0.617. The molecule has 0 aromatic carbocycles. The van der Waals surface area contributed by atoms with E-state index in [2.05, 4.69) is 54.3 Å². The molecule has 104 valence electrons. The SMILES string of the molecule is CCNc1nc(N(CC)CC(C)C)c2ccsc2n1. The van der Waals surface area contributed by atoms with Crippen LogP contribution in [0.25, 0.3) is 10.2 Å². The third kappa shape index (κ3) is 3.15. The van der Waals surface area contributed by atoms with Gasteiger partial charge >= 0.3 is 0 Å². The van der Waals surface area contributed by atoms with Gasteiger partial charge in [-0.05, 0) is 31.2 Å². The van der Waals surface area contributed by atoms with Crippen LogP contribution in [0.15, 0.2) is 11.4 Å². The van der Waals surface area contributed by atoms with Crippen molar-refractivity contribution in [3.63, 3.8) is 0 Å². The standard InChI is InChI=1S/C14H22N4S/c1-5-15-14-16-12(18(6-2)9-10(3)4)11-7-8-19-13(11)17-14/h7-8,10H,5-6,9H2,1-4H3,(H,15,16,17). The Balaban J connectivity index is 2.45. The second kappa shape index (κ2) is 6.19. The maximum Gasteiger partial charge on any atom is 0.226 e.